The second-order valence-corrected chi connectivity index (χ2v) is 8.29. The molecule has 2 N–H and O–H groups in total. The predicted molar refractivity (Wildman–Crippen MR) is 90.7 cm³/mol. The van der Waals surface area contributed by atoms with Gasteiger partial charge in [-0.25, -0.2) is 0 Å². The Hall–Kier alpha value is -0.301. The molecule has 1 aromatic carbocycles. The van der Waals surface area contributed by atoms with E-state index in [0.717, 1.165) is 12.5 Å². The summed E-state index contributed by atoms with van der Waals surface area (Å²) in [6, 6.07) is 7.29. The third kappa shape index (κ3) is 2.68. The molecule has 1 aromatic rings. The summed E-state index contributed by atoms with van der Waals surface area (Å²) in [5, 5.41) is 0. The Morgan fingerprint density at radius 2 is 1.95 bits per heavy atom. The minimum absolute atomic E-state index is 0. The van der Waals surface area contributed by atoms with E-state index in [1.165, 1.54) is 37.7 Å². The van der Waals surface area contributed by atoms with Gasteiger partial charge in [0.15, 0.2) is 0 Å². The minimum atomic E-state index is 0. The van der Waals surface area contributed by atoms with E-state index in [-0.39, 0.29) is 17.1 Å². The van der Waals surface area contributed by atoms with Gasteiger partial charge in [0.25, 0.3) is 0 Å². The molecule has 1 radical (unpaired) electrons. The van der Waals surface area contributed by atoms with Crippen molar-refractivity contribution in [1.82, 2.24) is 0 Å². The van der Waals surface area contributed by atoms with E-state index in [1.54, 1.807) is 11.1 Å². The molecule has 1 fully saturated rings. The van der Waals surface area contributed by atoms with Crippen LogP contribution in [0.25, 0.3) is 0 Å². The molecule has 1 saturated carbocycles. The van der Waals surface area contributed by atoms with Gasteiger partial charge in [0.2, 0.25) is 0 Å². The average Bonchev–Trinajstić information content (AvgIpc) is 2.46. The van der Waals surface area contributed by atoms with Crippen LogP contribution in [-0.2, 0) is 28.9 Å². The number of nitrogens with two attached hydrogens (primary N) is 1. The van der Waals surface area contributed by atoms with Crippen LogP contribution in [0.2, 0.25) is 0 Å². The summed E-state index contributed by atoms with van der Waals surface area (Å²) < 4.78 is 0. The van der Waals surface area contributed by atoms with E-state index in [9.17, 15) is 0 Å². The number of hydrogen-bond acceptors (Lipinski definition) is 1. The summed E-state index contributed by atoms with van der Waals surface area (Å²) in [6.07, 6.45) is 6.53. The quantitative estimate of drug-likeness (QED) is 0.765. The summed E-state index contributed by atoms with van der Waals surface area (Å²) >= 11 is 0. The van der Waals surface area contributed by atoms with Gasteiger partial charge < -0.3 is 5.73 Å². The van der Waals surface area contributed by atoms with Gasteiger partial charge in [0, 0.05) is 17.1 Å². The Labute approximate surface area is 146 Å². The van der Waals surface area contributed by atoms with Gasteiger partial charge in [-0.05, 0) is 71.6 Å². The molecule has 2 aliphatic rings. The summed E-state index contributed by atoms with van der Waals surface area (Å²) in [5.74, 6) is 1.38. The van der Waals surface area contributed by atoms with Crippen LogP contribution in [0, 0.1) is 11.3 Å². The maximum atomic E-state index is 6.19. The maximum Gasteiger partial charge on any atom is 0 e. The molecule has 22 heavy (non-hydrogen) atoms. The van der Waals surface area contributed by atoms with Crippen LogP contribution >= 0.6 is 0 Å². The van der Waals surface area contributed by atoms with Gasteiger partial charge in [0.05, 0.1) is 0 Å². The molecule has 3 atom stereocenters. The zero-order valence-electron chi connectivity index (χ0n) is 14.5. The molecule has 2 aliphatic carbocycles. The van der Waals surface area contributed by atoms with E-state index in [4.69, 9.17) is 5.73 Å². The Morgan fingerprint density at radius 1 is 1.23 bits per heavy atom. The molecular weight excluding hydrogens is 318 g/mol. The molecule has 0 saturated heterocycles. The molecular formula is C20H31CuN. The summed E-state index contributed by atoms with van der Waals surface area (Å²) in [7, 11) is 0. The summed E-state index contributed by atoms with van der Waals surface area (Å²) in [6.45, 7) is 10.4. The number of hydrogen-bond donors (Lipinski definition) is 1. The van der Waals surface area contributed by atoms with E-state index < -0.39 is 0 Å². The van der Waals surface area contributed by atoms with Gasteiger partial charge >= 0.3 is 0 Å². The van der Waals surface area contributed by atoms with E-state index in [2.05, 4.69) is 45.9 Å². The van der Waals surface area contributed by atoms with Crippen molar-refractivity contribution in [1.29, 1.82) is 0 Å². The molecule has 3 rings (SSSR count). The first-order valence-corrected chi connectivity index (χ1v) is 8.74. The van der Waals surface area contributed by atoms with Crippen LogP contribution in [0.15, 0.2) is 18.2 Å². The van der Waals surface area contributed by atoms with Crippen molar-refractivity contribution in [2.24, 2.45) is 17.1 Å². The number of benzene rings is 1. The molecule has 0 bridgehead atoms. The minimum Gasteiger partial charge on any atom is -0.330 e. The van der Waals surface area contributed by atoms with Crippen molar-refractivity contribution in [2.75, 3.05) is 6.54 Å². The number of fused-ring (bicyclic) bond motifs is 3. The fraction of sp³-hybridized carbons (Fsp3) is 0.700. The Kier molecular flexibility index (Phi) is 5.17. The van der Waals surface area contributed by atoms with Crippen LogP contribution in [0.1, 0.15) is 76.0 Å². The SMILES string of the molecule is CC(C)c1ccc2c(c1)CC[C@H]1[C@@](C)(CN)CCC[C@]21C.[Cu]. The van der Waals surface area contributed by atoms with Gasteiger partial charge in [-0.3, -0.25) is 0 Å². The number of aryl methyl sites for hydroxylation is 1. The molecule has 1 nitrogen and oxygen atoms in total. The fourth-order valence-electron chi connectivity index (χ4n) is 5.25. The zero-order valence-corrected chi connectivity index (χ0v) is 15.4. The fourth-order valence-corrected chi connectivity index (χ4v) is 5.25. The summed E-state index contributed by atoms with van der Waals surface area (Å²) in [4.78, 5) is 0. The van der Waals surface area contributed by atoms with E-state index in [1.807, 2.05) is 0 Å². The second-order valence-electron chi connectivity index (χ2n) is 8.29. The molecule has 0 amide bonds. The van der Waals surface area contributed by atoms with Crippen molar-refractivity contribution in [3.8, 4) is 0 Å². The van der Waals surface area contributed by atoms with Crippen LogP contribution in [0.5, 0.6) is 0 Å². The smallest absolute Gasteiger partial charge is 0 e. The Balaban J connectivity index is 0.00000176. The predicted octanol–water partition coefficient (Wildman–Crippen LogP) is 4.78. The molecule has 2 heteroatoms. The van der Waals surface area contributed by atoms with Crippen molar-refractivity contribution in [3.05, 3.63) is 34.9 Å². The van der Waals surface area contributed by atoms with Crippen molar-refractivity contribution in [2.45, 2.75) is 71.1 Å². The largest absolute Gasteiger partial charge is 0.330 e. The Morgan fingerprint density at radius 3 is 2.59 bits per heavy atom. The molecule has 127 valence electrons. The van der Waals surface area contributed by atoms with E-state index >= 15 is 0 Å². The number of rotatable bonds is 2. The van der Waals surface area contributed by atoms with Crippen LogP contribution < -0.4 is 5.73 Å². The van der Waals surface area contributed by atoms with Gasteiger partial charge in [0.1, 0.15) is 0 Å². The van der Waals surface area contributed by atoms with Crippen molar-refractivity contribution in [3.63, 3.8) is 0 Å². The van der Waals surface area contributed by atoms with Crippen LogP contribution in [0.3, 0.4) is 0 Å². The molecule has 0 aromatic heterocycles. The van der Waals surface area contributed by atoms with Gasteiger partial charge in [-0.2, -0.15) is 0 Å². The second kappa shape index (κ2) is 6.30. The third-order valence-electron chi connectivity index (χ3n) is 6.63. The Bertz CT molecular complexity index is 539. The molecule has 0 spiro atoms. The maximum absolute atomic E-state index is 6.19. The van der Waals surface area contributed by atoms with E-state index in [0.29, 0.717) is 16.7 Å². The first-order valence-electron chi connectivity index (χ1n) is 8.74. The van der Waals surface area contributed by atoms with Crippen molar-refractivity contribution < 1.29 is 17.1 Å². The zero-order chi connectivity index (χ0) is 15.3. The topological polar surface area (TPSA) is 26.0 Å². The first kappa shape index (κ1) is 18.0. The average molecular weight is 349 g/mol. The summed E-state index contributed by atoms with van der Waals surface area (Å²) in [5.41, 5.74) is 11.6. The van der Waals surface area contributed by atoms with Crippen LogP contribution in [-0.4, -0.2) is 6.54 Å². The first-order chi connectivity index (χ1) is 9.90. The standard InChI is InChI=1S/C20H31N.Cu/c1-14(2)15-6-8-17-16(12-15)7-9-18-19(3,13-21)10-5-11-20(17,18)4;/h6,8,12,14,18H,5,7,9-11,13,21H2,1-4H3;/t18-,19+,20+;/m0./s1. The van der Waals surface area contributed by atoms with Crippen molar-refractivity contribution >= 4 is 0 Å². The molecule has 0 aliphatic heterocycles. The normalized spacial score (nSPS) is 33.8. The molecule has 0 heterocycles. The van der Waals surface area contributed by atoms with Gasteiger partial charge in [-0.15, -0.1) is 0 Å². The van der Waals surface area contributed by atoms with Crippen LogP contribution in [0.4, 0.5) is 0 Å². The monoisotopic (exact) mass is 348 g/mol. The third-order valence-corrected chi connectivity index (χ3v) is 6.63. The van der Waals surface area contributed by atoms with Gasteiger partial charge in [-0.1, -0.05) is 52.3 Å². The molecule has 0 unspecified atom stereocenters.